The lowest BCUT2D eigenvalue weighted by Crippen LogP contribution is -2.22. The van der Waals surface area contributed by atoms with Crippen molar-refractivity contribution in [1.29, 1.82) is 0 Å². The van der Waals surface area contributed by atoms with E-state index in [-0.39, 0.29) is 5.41 Å². The van der Waals surface area contributed by atoms with Gasteiger partial charge in [0, 0.05) is 16.5 Å². The van der Waals surface area contributed by atoms with Gasteiger partial charge in [-0.2, -0.15) is 0 Å². The van der Waals surface area contributed by atoms with Gasteiger partial charge in [0.1, 0.15) is 11.2 Å². The Hall–Kier alpha value is -5.08. The molecule has 1 N–H and O–H groups in total. The van der Waals surface area contributed by atoms with Crippen LogP contribution in [0.2, 0.25) is 0 Å². The number of rotatable bonds is 4. The van der Waals surface area contributed by atoms with E-state index < -0.39 is 0 Å². The molecule has 0 fully saturated rings. The number of hydrogen-bond donors (Lipinski definition) is 1. The first-order valence-electron chi connectivity index (χ1n) is 13.8. The van der Waals surface area contributed by atoms with Crippen molar-refractivity contribution >= 4 is 33.3 Å². The van der Waals surface area contributed by atoms with Gasteiger partial charge in [-0.05, 0) is 82.3 Å². The van der Waals surface area contributed by atoms with Gasteiger partial charge in [0.2, 0.25) is 0 Å². The van der Waals surface area contributed by atoms with E-state index in [1.807, 2.05) is 6.07 Å². The molecule has 0 amide bonds. The predicted molar refractivity (Wildman–Crippen MR) is 166 cm³/mol. The average Bonchev–Trinajstić information content (AvgIpc) is 3.52. The van der Waals surface area contributed by atoms with Gasteiger partial charge in [-0.15, -0.1) is 0 Å². The number of hydrogen-bond acceptors (Lipinski definition) is 2. The summed E-state index contributed by atoms with van der Waals surface area (Å²) in [6.45, 7) is 2.35. The number of anilines is 2. The van der Waals surface area contributed by atoms with Crippen molar-refractivity contribution in [3.8, 4) is 22.3 Å². The van der Waals surface area contributed by atoms with Gasteiger partial charge in [0.25, 0.3) is 0 Å². The Kier molecular flexibility index (Phi) is 4.99. The Balaban J connectivity index is 1.24. The minimum Gasteiger partial charge on any atom is -0.456 e. The van der Waals surface area contributed by atoms with Crippen LogP contribution in [0.4, 0.5) is 11.4 Å². The summed E-state index contributed by atoms with van der Waals surface area (Å²) < 4.78 is 6.28. The van der Waals surface area contributed by atoms with E-state index in [0.717, 1.165) is 33.3 Å². The van der Waals surface area contributed by atoms with Crippen LogP contribution in [0, 0.1) is 0 Å². The highest BCUT2D eigenvalue weighted by atomic mass is 16.3. The molecule has 0 atom stereocenters. The van der Waals surface area contributed by atoms with Crippen molar-refractivity contribution in [3.05, 3.63) is 156 Å². The Labute approximate surface area is 233 Å². The number of furan rings is 1. The number of nitrogens with one attached hydrogen (secondary N) is 1. The molecule has 1 aliphatic rings. The van der Waals surface area contributed by atoms with Crippen LogP contribution in [0.15, 0.2) is 144 Å². The van der Waals surface area contributed by atoms with Crippen LogP contribution < -0.4 is 5.32 Å². The highest BCUT2D eigenvalue weighted by Gasteiger charge is 2.40. The van der Waals surface area contributed by atoms with Gasteiger partial charge in [-0.3, -0.25) is 0 Å². The minimum atomic E-state index is -0.232. The van der Waals surface area contributed by atoms with E-state index in [0.29, 0.717) is 0 Å². The van der Waals surface area contributed by atoms with Crippen LogP contribution in [-0.2, 0) is 5.41 Å². The molecule has 0 spiro atoms. The van der Waals surface area contributed by atoms with Crippen molar-refractivity contribution in [2.24, 2.45) is 0 Å². The highest BCUT2D eigenvalue weighted by Crippen LogP contribution is 2.52. The van der Waals surface area contributed by atoms with Crippen molar-refractivity contribution in [2.45, 2.75) is 12.3 Å². The molecule has 0 saturated carbocycles. The number of fused-ring (bicyclic) bond motifs is 6. The molecule has 7 aromatic rings. The van der Waals surface area contributed by atoms with Gasteiger partial charge in [0.15, 0.2) is 0 Å². The maximum Gasteiger partial charge on any atom is 0.137 e. The first kappa shape index (κ1) is 22.9. The van der Waals surface area contributed by atoms with Crippen molar-refractivity contribution in [1.82, 2.24) is 0 Å². The lowest BCUT2D eigenvalue weighted by Gasteiger charge is -2.28. The van der Waals surface area contributed by atoms with Crippen LogP contribution in [0.1, 0.15) is 23.6 Å². The zero-order chi connectivity index (χ0) is 26.7. The Morgan fingerprint density at radius 2 is 1.25 bits per heavy atom. The summed E-state index contributed by atoms with van der Waals surface area (Å²) in [5, 5.41) is 5.97. The van der Waals surface area contributed by atoms with Crippen LogP contribution >= 0.6 is 0 Å². The molecule has 0 aliphatic heterocycles. The van der Waals surface area contributed by atoms with Crippen molar-refractivity contribution in [3.63, 3.8) is 0 Å². The molecule has 0 radical (unpaired) electrons. The third-order valence-electron chi connectivity index (χ3n) is 8.54. The summed E-state index contributed by atoms with van der Waals surface area (Å²) in [5.41, 5.74) is 12.6. The third kappa shape index (κ3) is 3.36. The second kappa shape index (κ2) is 8.72. The topological polar surface area (TPSA) is 25.2 Å². The van der Waals surface area contributed by atoms with Gasteiger partial charge < -0.3 is 9.73 Å². The summed E-state index contributed by atoms with van der Waals surface area (Å²) in [6.07, 6.45) is 0. The minimum absolute atomic E-state index is 0.232. The summed E-state index contributed by atoms with van der Waals surface area (Å²) in [7, 11) is 0. The summed E-state index contributed by atoms with van der Waals surface area (Å²) in [6, 6.07) is 49.7. The van der Waals surface area contributed by atoms with Crippen molar-refractivity contribution < 1.29 is 4.42 Å². The van der Waals surface area contributed by atoms with E-state index in [4.69, 9.17) is 4.42 Å². The van der Waals surface area contributed by atoms with Crippen LogP contribution in [0.5, 0.6) is 0 Å². The first-order chi connectivity index (χ1) is 19.7. The third-order valence-corrected chi connectivity index (χ3v) is 8.54. The molecule has 1 aliphatic carbocycles. The predicted octanol–water partition coefficient (Wildman–Crippen LogP) is 10.3. The van der Waals surface area contributed by atoms with Gasteiger partial charge in [-0.1, -0.05) is 103 Å². The maximum atomic E-state index is 6.28. The molecular formula is C38H27NO. The summed E-state index contributed by atoms with van der Waals surface area (Å²) in [5.74, 6) is 0. The molecule has 40 heavy (non-hydrogen) atoms. The quantitative estimate of drug-likeness (QED) is 0.253. The SMILES string of the molecule is CC1(c2cccc(Nc3cccc4oc5ccc(-c6ccccc6)cc5c34)c2)c2ccccc2-c2ccccc21. The normalized spacial score (nSPS) is 13.3. The van der Waals surface area contributed by atoms with Gasteiger partial charge in [0.05, 0.1) is 11.1 Å². The van der Waals surface area contributed by atoms with Crippen LogP contribution in [0.25, 0.3) is 44.2 Å². The van der Waals surface area contributed by atoms with Crippen molar-refractivity contribution in [2.75, 3.05) is 5.32 Å². The Morgan fingerprint density at radius 3 is 2.02 bits per heavy atom. The molecular weight excluding hydrogens is 486 g/mol. The fourth-order valence-corrected chi connectivity index (χ4v) is 6.57. The highest BCUT2D eigenvalue weighted by molar-refractivity contribution is 6.13. The zero-order valence-electron chi connectivity index (χ0n) is 22.2. The molecule has 1 aromatic heterocycles. The molecule has 1 heterocycles. The van der Waals surface area contributed by atoms with E-state index in [1.54, 1.807) is 0 Å². The molecule has 190 valence electrons. The number of benzene rings is 6. The Bertz CT molecular complexity index is 2000. The van der Waals surface area contributed by atoms with E-state index in [1.165, 1.54) is 38.9 Å². The average molecular weight is 514 g/mol. The molecule has 0 unspecified atom stereocenters. The lowest BCUT2D eigenvalue weighted by molar-refractivity contribution is 0.669. The zero-order valence-corrected chi connectivity index (χ0v) is 22.2. The lowest BCUT2D eigenvalue weighted by atomic mass is 9.74. The second-order valence-corrected chi connectivity index (χ2v) is 10.8. The molecule has 8 rings (SSSR count). The molecule has 2 heteroatoms. The summed E-state index contributed by atoms with van der Waals surface area (Å²) >= 11 is 0. The fourth-order valence-electron chi connectivity index (χ4n) is 6.57. The van der Waals surface area contributed by atoms with Crippen LogP contribution in [-0.4, -0.2) is 0 Å². The Morgan fingerprint density at radius 1 is 0.550 bits per heavy atom. The van der Waals surface area contributed by atoms with E-state index >= 15 is 0 Å². The fraction of sp³-hybridized carbons (Fsp3) is 0.0526. The second-order valence-electron chi connectivity index (χ2n) is 10.8. The largest absolute Gasteiger partial charge is 0.456 e. The molecule has 2 nitrogen and oxygen atoms in total. The van der Waals surface area contributed by atoms with Gasteiger partial charge in [-0.25, -0.2) is 0 Å². The van der Waals surface area contributed by atoms with Crippen LogP contribution in [0.3, 0.4) is 0 Å². The first-order valence-corrected chi connectivity index (χ1v) is 13.8. The molecule has 6 aromatic carbocycles. The standard InChI is InChI=1S/C38H27NO/c1-38(32-17-7-5-15-29(32)30-16-6-8-18-33(30)38)27-13-9-14-28(24-27)39-34-19-10-20-36-37(34)31-23-26(21-22-35(31)40-36)25-11-3-2-4-12-25/h2-24,39H,1H3. The molecule has 0 saturated heterocycles. The van der Waals surface area contributed by atoms with Gasteiger partial charge >= 0.3 is 0 Å². The molecule has 0 bridgehead atoms. The summed E-state index contributed by atoms with van der Waals surface area (Å²) in [4.78, 5) is 0. The monoisotopic (exact) mass is 513 g/mol. The maximum absolute atomic E-state index is 6.28. The van der Waals surface area contributed by atoms with E-state index in [9.17, 15) is 0 Å². The van der Waals surface area contributed by atoms with E-state index in [2.05, 4.69) is 146 Å². The smallest absolute Gasteiger partial charge is 0.137 e.